The van der Waals surface area contributed by atoms with Crippen LogP contribution >= 0.6 is 15.9 Å². The van der Waals surface area contributed by atoms with E-state index < -0.39 is 0 Å². The molecule has 0 saturated heterocycles. The van der Waals surface area contributed by atoms with Gasteiger partial charge < -0.3 is 5.32 Å². The van der Waals surface area contributed by atoms with Gasteiger partial charge in [-0.15, -0.1) is 0 Å². The second-order valence-electron chi connectivity index (χ2n) is 5.60. The molecule has 1 aromatic carbocycles. The number of hydrazone groups is 1. The van der Waals surface area contributed by atoms with Crippen molar-refractivity contribution >= 4 is 34.0 Å². The molecule has 0 spiro atoms. The summed E-state index contributed by atoms with van der Waals surface area (Å²) >= 11 is 3.36. The van der Waals surface area contributed by atoms with Crippen molar-refractivity contribution in [3.05, 3.63) is 34.3 Å². The standard InChI is InChI=1S/C17H24BrN3O2/c1-13(2)12-20-21-16(22)10-4-3-7-11-19-17(23)14-8-5-6-9-15(14)18/h5-6,8-9,12-13H,3-4,7,10-11H2,1-2H3,(H,19,23)(H,21,22). The molecule has 0 aliphatic rings. The van der Waals surface area contributed by atoms with Gasteiger partial charge in [0.05, 0.1) is 5.56 Å². The third-order valence-corrected chi connectivity index (χ3v) is 3.74. The molecule has 0 aromatic heterocycles. The predicted molar refractivity (Wildman–Crippen MR) is 96.4 cm³/mol. The van der Waals surface area contributed by atoms with Crippen LogP contribution in [0.25, 0.3) is 0 Å². The predicted octanol–water partition coefficient (Wildman–Crippen LogP) is 3.50. The van der Waals surface area contributed by atoms with Gasteiger partial charge in [0.15, 0.2) is 0 Å². The molecule has 2 N–H and O–H groups in total. The van der Waals surface area contributed by atoms with Gasteiger partial charge in [0.1, 0.15) is 0 Å². The van der Waals surface area contributed by atoms with E-state index in [-0.39, 0.29) is 11.8 Å². The molecule has 6 heteroatoms. The number of hydrogen-bond acceptors (Lipinski definition) is 3. The fourth-order valence-electron chi connectivity index (χ4n) is 1.84. The summed E-state index contributed by atoms with van der Waals surface area (Å²) in [6.45, 7) is 4.60. The maximum Gasteiger partial charge on any atom is 0.252 e. The highest BCUT2D eigenvalue weighted by Gasteiger charge is 2.07. The molecule has 0 fully saturated rings. The molecule has 0 aliphatic carbocycles. The number of unbranched alkanes of at least 4 members (excludes halogenated alkanes) is 2. The van der Waals surface area contributed by atoms with Crippen LogP contribution in [0, 0.1) is 5.92 Å². The van der Waals surface area contributed by atoms with E-state index in [9.17, 15) is 9.59 Å². The molecule has 0 bridgehead atoms. The molecule has 0 aliphatic heterocycles. The Bertz CT molecular complexity index is 544. The van der Waals surface area contributed by atoms with Crippen LogP contribution in [0.1, 0.15) is 49.9 Å². The fourth-order valence-corrected chi connectivity index (χ4v) is 2.31. The maximum atomic E-state index is 12.0. The van der Waals surface area contributed by atoms with E-state index in [0.717, 1.165) is 23.7 Å². The van der Waals surface area contributed by atoms with E-state index in [1.165, 1.54) is 0 Å². The fraction of sp³-hybridized carbons (Fsp3) is 0.471. The summed E-state index contributed by atoms with van der Waals surface area (Å²) in [5.74, 6) is 0.168. The minimum Gasteiger partial charge on any atom is -0.352 e. The SMILES string of the molecule is CC(C)C=NNC(=O)CCCCCNC(=O)c1ccccc1Br. The second-order valence-corrected chi connectivity index (χ2v) is 6.46. The Hall–Kier alpha value is -1.69. The topological polar surface area (TPSA) is 70.6 Å². The second kappa shape index (κ2) is 10.9. The van der Waals surface area contributed by atoms with E-state index in [2.05, 4.69) is 31.8 Å². The van der Waals surface area contributed by atoms with Crippen LogP contribution in [0.5, 0.6) is 0 Å². The van der Waals surface area contributed by atoms with Crippen molar-refractivity contribution in [2.24, 2.45) is 11.0 Å². The molecule has 0 unspecified atom stereocenters. The first-order chi connectivity index (χ1) is 11.0. The Morgan fingerprint density at radius 1 is 1.22 bits per heavy atom. The van der Waals surface area contributed by atoms with Crippen LogP contribution in [-0.4, -0.2) is 24.6 Å². The number of amides is 2. The number of halogens is 1. The van der Waals surface area contributed by atoms with Crippen molar-refractivity contribution in [1.29, 1.82) is 0 Å². The molecular weight excluding hydrogens is 358 g/mol. The highest BCUT2D eigenvalue weighted by Crippen LogP contribution is 2.15. The first kappa shape index (κ1) is 19.4. The Morgan fingerprint density at radius 3 is 2.65 bits per heavy atom. The molecule has 23 heavy (non-hydrogen) atoms. The van der Waals surface area contributed by atoms with Crippen LogP contribution in [0.15, 0.2) is 33.8 Å². The van der Waals surface area contributed by atoms with Gasteiger partial charge in [0, 0.05) is 23.7 Å². The van der Waals surface area contributed by atoms with Gasteiger partial charge in [-0.1, -0.05) is 32.4 Å². The lowest BCUT2D eigenvalue weighted by Gasteiger charge is -2.06. The zero-order valence-electron chi connectivity index (χ0n) is 13.6. The number of carbonyl (C=O) groups is 2. The molecule has 0 radical (unpaired) electrons. The van der Waals surface area contributed by atoms with Crippen LogP contribution in [0.4, 0.5) is 0 Å². The first-order valence-electron chi connectivity index (χ1n) is 7.85. The van der Waals surface area contributed by atoms with Crippen molar-refractivity contribution in [1.82, 2.24) is 10.7 Å². The molecule has 5 nitrogen and oxygen atoms in total. The molecule has 126 valence electrons. The molecule has 0 atom stereocenters. The molecule has 1 aromatic rings. The van der Waals surface area contributed by atoms with Gasteiger partial charge >= 0.3 is 0 Å². The lowest BCUT2D eigenvalue weighted by Crippen LogP contribution is -2.24. The van der Waals surface area contributed by atoms with E-state index in [1.54, 1.807) is 12.3 Å². The summed E-state index contributed by atoms with van der Waals surface area (Å²) in [5, 5.41) is 6.75. The van der Waals surface area contributed by atoms with E-state index in [0.29, 0.717) is 24.4 Å². The smallest absolute Gasteiger partial charge is 0.252 e. The lowest BCUT2D eigenvalue weighted by atomic mass is 10.2. The summed E-state index contributed by atoms with van der Waals surface area (Å²) in [4.78, 5) is 23.4. The van der Waals surface area contributed by atoms with E-state index in [4.69, 9.17) is 0 Å². The summed E-state index contributed by atoms with van der Waals surface area (Å²) < 4.78 is 0.788. The quantitative estimate of drug-likeness (QED) is 0.390. The van der Waals surface area contributed by atoms with Crippen LogP contribution in [0.2, 0.25) is 0 Å². The Morgan fingerprint density at radius 2 is 1.96 bits per heavy atom. The van der Waals surface area contributed by atoms with Crippen LogP contribution in [-0.2, 0) is 4.79 Å². The van der Waals surface area contributed by atoms with Crippen LogP contribution in [0.3, 0.4) is 0 Å². The van der Waals surface area contributed by atoms with Crippen molar-refractivity contribution in [3.8, 4) is 0 Å². The number of rotatable bonds is 9. The molecule has 0 heterocycles. The third-order valence-electron chi connectivity index (χ3n) is 3.05. The maximum absolute atomic E-state index is 12.0. The van der Waals surface area contributed by atoms with E-state index in [1.807, 2.05) is 32.0 Å². The third kappa shape index (κ3) is 8.50. The summed E-state index contributed by atoms with van der Waals surface area (Å²) in [7, 11) is 0. The number of carbonyl (C=O) groups excluding carboxylic acids is 2. The van der Waals surface area contributed by atoms with Gasteiger partial charge in [0.2, 0.25) is 5.91 Å². The number of benzene rings is 1. The number of nitrogens with one attached hydrogen (secondary N) is 2. The summed E-state index contributed by atoms with van der Waals surface area (Å²) in [6.07, 6.45) is 4.67. The Kier molecular flexibility index (Phi) is 9.21. The largest absolute Gasteiger partial charge is 0.352 e. The normalized spacial score (nSPS) is 11.0. The Balaban J connectivity index is 2.11. The molecule has 1 rings (SSSR count). The first-order valence-corrected chi connectivity index (χ1v) is 8.64. The van der Waals surface area contributed by atoms with Gasteiger partial charge in [-0.25, -0.2) is 5.43 Å². The van der Waals surface area contributed by atoms with Gasteiger partial charge in [0.25, 0.3) is 5.91 Å². The average molecular weight is 382 g/mol. The molecule has 2 amide bonds. The van der Waals surface area contributed by atoms with Crippen molar-refractivity contribution in [2.45, 2.75) is 39.5 Å². The van der Waals surface area contributed by atoms with Crippen molar-refractivity contribution in [2.75, 3.05) is 6.54 Å². The van der Waals surface area contributed by atoms with E-state index >= 15 is 0 Å². The highest BCUT2D eigenvalue weighted by molar-refractivity contribution is 9.10. The highest BCUT2D eigenvalue weighted by atomic mass is 79.9. The van der Waals surface area contributed by atoms with Crippen molar-refractivity contribution < 1.29 is 9.59 Å². The van der Waals surface area contributed by atoms with Crippen molar-refractivity contribution in [3.63, 3.8) is 0 Å². The van der Waals surface area contributed by atoms with Crippen LogP contribution < -0.4 is 10.7 Å². The lowest BCUT2D eigenvalue weighted by molar-refractivity contribution is -0.121. The Labute approximate surface area is 146 Å². The number of hydrogen-bond donors (Lipinski definition) is 2. The van der Waals surface area contributed by atoms with Gasteiger partial charge in [-0.05, 0) is 46.8 Å². The monoisotopic (exact) mass is 381 g/mol. The summed E-state index contributed by atoms with van der Waals surface area (Å²) in [6, 6.07) is 7.33. The molecular formula is C17H24BrN3O2. The van der Waals surface area contributed by atoms with Gasteiger partial charge in [-0.3, -0.25) is 9.59 Å². The number of nitrogens with zero attached hydrogens (tertiary/aromatic N) is 1. The van der Waals surface area contributed by atoms with Gasteiger partial charge in [-0.2, -0.15) is 5.10 Å². The average Bonchev–Trinajstić information content (AvgIpc) is 2.50. The minimum absolute atomic E-state index is 0.0702. The molecule has 0 saturated carbocycles. The zero-order chi connectivity index (χ0) is 17.1. The zero-order valence-corrected chi connectivity index (χ0v) is 15.2. The summed E-state index contributed by atoms with van der Waals surface area (Å²) in [5.41, 5.74) is 3.14. The minimum atomic E-state index is -0.0850.